The second-order valence-electron chi connectivity index (χ2n) is 7.59. The highest BCUT2D eigenvalue weighted by molar-refractivity contribution is 6.32. The maximum absolute atomic E-state index is 9.79. The Balaban J connectivity index is 1.62. The molecule has 3 aromatic rings. The van der Waals surface area contributed by atoms with Crippen molar-refractivity contribution < 1.29 is 9.84 Å². The smallest absolute Gasteiger partial charge is 0.139 e. The summed E-state index contributed by atoms with van der Waals surface area (Å²) in [5.74, 6) is 1.29. The number of imidazole rings is 1. The van der Waals surface area contributed by atoms with Crippen molar-refractivity contribution in [1.29, 1.82) is 0 Å². The molecular formula is C22H27ClN4O2. The number of fused-ring (bicyclic) bond motifs is 1. The van der Waals surface area contributed by atoms with Crippen molar-refractivity contribution in [3.63, 3.8) is 0 Å². The largest absolute Gasteiger partial charge is 0.495 e. The molecule has 0 amide bonds. The Bertz CT molecular complexity index is 996. The minimum atomic E-state index is -0.111. The van der Waals surface area contributed by atoms with Crippen LogP contribution in [0.5, 0.6) is 5.75 Å². The van der Waals surface area contributed by atoms with Gasteiger partial charge in [0, 0.05) is 42.8 Å². The maximum atomic E-state index is 9.79. The number of rotatable bonds is 6. The van der Waals surface area contributed by atoms with E-state index in [1.807, 2.05) is 16.8 Å². The molecular weight excluding hydrogens is 388 g/mol. The third-order valence-electron chi connectivity index (χ3n) is 5.82. The number of benzene rings is 1. The van der Waals surface area contributed by atoms with Gasteiger partial charge in [0.05, 0.1) is 24.4 Å². The predicted molar refractivity (Wildman–Crippen MR) is 117 cm³/mol. The zero-order chi connectivity index (χ0) is 20.4. The number of ether oxygens (including phenoxy) is 1. The van der Waals surface area contributed by atoms with Crippen LogP contribution >= 0.6 is 11.6 Å². The molecule has 0 spiro atoms. The highest BCUT2D eigenvalue weighted by Gasteiger charge is 2.20. The molecule has 29 heavy (non-hydrogen) atoms. The van der Waals surface area contributed by atoms with Gasteiger partial charge in [-0.25, -0.2) is 4.98 Å². The number of hydrogen-bond acceptors (Lipinski definition) is 5. The number of halogens is 1. The highest BCUT2D eigenvalue weighted by atomic mass is 35.5. The fourth-order valence-electron chi connectivity index (χ4n) is 4.13. The van der Waals surface area contributed by atoms with Crippen LogP contribution in [0.2, 0.25) is 5.02 Å². The van der Waals surface area contributed by atoms with Crippen LogP contribution in [0.1, 0.15) is 24.8 Å². The second-order valence-corrected chi connectivity index (χ2v) is 7.99. The average molecular weight is 415 g/mol. The van der Waals surface area contributed by atoms with E-state index >= 15 is 0 Å². The Morgan fingerprint density at radius 1 is 1.28 bits per heavy atom. The molecule has 4 rings (SSSR count). The lowest BCUT2D eigenvalue weighted by Crippen LogP contribution is -2.34. The third-order valence-corrected chi connectivity index (χ3v) is 6.12. The van der Waals surface area contributed by atoms with Gasteiger partial charge >= 0.3 is 0 Å². The van der Waals surface area contributed by atoms with Gasteiger partial charge in [-0.1, -0.05) is 11.6 Å². The summed E-state index contributed by atoms with van der Waals surface area (Å²) >= 11 is 6.31. The van der Waals surface area contributed by atoms with Crippen molar-refractivity contribution in [2.75, 3.05) is 31.6 Å². The number of nitrogens with two attached hydrogens (primary N) is 1. The van der Waals surface area contributed by atoms with Gasteiger partial charge in [-0.3, -0.25) is 0 Å². The number of hydrogen-bond donors (Lipinski definition) is 2. The number of aliphatic hydroxyl groups excluding tert-OH is 1. The van der Waals surface area contributed by atoms with Crippen molar-refractivity contribution in [3.8, 4) is 17.0 Å². The van der Waals surface area contributed by atoms with Crippen LogP contribution in [0.15, 0.2) is 36.7 Å². The molecule has 1 fully saturated rings. The van der Waals surface area contributed by atoms with Crippen LogP contribution in [0.3, 0.4) is 0 Å². The van der Waals surface area contributed by atoms with Crippen LogP contribution in [0.4, 0.5) is 5.69 Å². The molecule has 3 heterocycles. The zero-order valence-corrected chi connectivity index (χ0v) is 17.4. The van der Waals surface area contributed by atoms with Gasteiger partial charge < -0.3 is 24.9 Å². The Labute approximate surface area is 175 Å². The van der Waals surface area contributed by atoms with E-state index in [0.717, 1.165) is 54.4 Å². The summed E-state index contributed by atoms with van der Waals surface area (Å²) in [6.07, 6.45) is 7.49. The molecule has 0 aliphatic carbocycles. The first-order valence-electron chi connectivity index (χ1n) is 10.0. The Hall–Kier alpha value is -2.28. The number of pyridine rings is 1. The molecule has 3 N–H and O–H groups in total. The normalized spacial score (nSPS) is 15.2. The van der Waals surface area contributed by atoms with Gasteiger partial charge in [-0.05, 0) is 55.5 Å². The molecule has 6 nitrogen and oxygen atoms in total. The van der Waals surface area contributed by atoms with Gasteiger partial charge in [0.2, 0.25) is 0 Å². The molecule has 0 radical (unpaired) electrons. The molecule has 0 unspecified atom stereocenters. The number of aromatic nitrogens is 2. The summed E-state index contributed by atoms with van der Waals surface area (Å²) in [5.41, 5.74) is 10.1. The minimum Gasteiger partial charge on any atom is -0.495 e. The summed E-state index contributed by atoms with van der Waals surface area (Å²) in [5, 5.41) is 10.3. The second kappa shape index (κ2) is 8.61. The van der Waals surface area contributed by atoms with Crippen molar-refractivity contribution in [1.82, 2.24) is 9.38 Å². The topological polar surface area (TPSA) is 76.0 Å². The quantitative estimate of drug-likeness (QED) is 0.642. The van der Waals surface area contributed by atoms with E-state index in [9.17, 15) is 5.11 Å². The van der Waals surface area contributed by atoms with E-state index in [1.165, 1.54) is 18.5 Å². The van der Waals surface area contributed by atoms with Crippen LogP contribution in [-0.4, -0.2) is 41.2 Å². The van der Waals surface area contributed by atoms with Crippen molar-refractivity contribution >= 4 is 22.9 Å². The Kier molecular flexibility index (Phi) is 5.94. The fourth-order valence-corrected chi connectivity index (χ4v) is 4.38. The number of piperidine rings is 1. The SMILES string of the molecule is COc1cc(CO)c(-c2cn3ccc(N4CCC(CCN)CC4)cc3n2)cc1Cl. The highest BCUT2D eigenvalue weighted by Crippen LogP contribution is 2.34. The lowest BCUT2D eigenvalue weighted by molar-refractivity contribution is 0.281. The molecule has 1 aliphatic rings. The van der Waals surface area contributed by atoms with Crippen molar-refractivity contribution in [3.05, 3.63) is 47.2 Å². The summed E-state index contributed by atoms with van der Waals surface area (Å²) < 4.78 is 7.26. The van der Waals surface area contributed by atoms with E-state index in [-0.39, 0.29) is 6.61 Å². The molecule has 2 aromatic heterocycles. The predicted octanol–water partition coefficient (Wildman–Crippen LogP) is 3.72. The van der Waals surface area contributed by atoms with Crippen molar-refractivity contribution in [2.24, 2.45) is 11.7 Å². The lowest BCUT2D eigenvalue weighted by Gasteiger charge is -2.33. The van der Waals surface area contributed by atoms with E-state index < -0.39 is 0 Å². The molecule has 0 bridgehead atoms. The Morgan fingerprint density at radius 3 is 2.76 bits per heavy atom. The van der Waals surface area contributed by atoms with E-state index in [1.54, 1.807) is 19.2 Å². The van der Waals surface area contributed by atoms with Gasteiger partial charge in [0.15, 0.2) is 0 Å². The zero-order valence-electron chi connectivity index (χ0n) is 16.6. The molecule has 0 atom stereocenters. The molecule has 0 saturated carbocycles. The van der Waals surface area contributed by atoms with E-state index in [0.29, 0.717) is 10.8 Å². The standard InChI is InChI=1S/C22H27ClN4O2/c1-29-21-10-16(14-28)18(12-19(21)23)20-13-27-9-5-17(11-22(27)25-20)26-7-3-15(2-6-24)4-8-26/h5,9-13,15,28H,2-4,6-8,14,24H2,1H3. The molecule has 1 aliphatic heterocycles. The lowest BCUT2D eigenvalue weighted by atomic mass is 9.93. The summed E-state index contributed by atoms with van der Waals surface area (Å²) in [6, 6.07) is 7.82. The first-order chi connectivity index (χ1) is 14.1. The number of anilines is 1. The monoisotopic (exact) mass is 414 g/mol. The fraction of sp³-hybridized carbons (Fsp3) is 0.409. The van der Waals surface area contributed by atoms with Crippen LogP contribution in [-0.2, 0) is 6.61 Å². The molecule has 154 valence electrons. The first kappa shape index (κ1) is 20.0. The van der Waals surface area contributed by atoms with Gasteiger partial charge in [0.1, 0.15) is 11.4 Å². The van der Waals surface area contributed by atoms with Crippen LogP contribution < -0.4 is 15.4 Å². The van der Waals surface area contributed by atoms with E-state index in [4.69, 9.17) is 27.1 Å². The van der Waals surface area contributed by atoms with Crippen LogP contribution in [0.25, 0.3) is 16.9 Å². The number of aliphatic hydroxyl groups is 1. The van der Waals surface area contributed by atoms with Gasteiger partial charge in [-0.2, -0.15) is 0 Å². The average Bonchev–Trinajstić information content (AvgIpc) is 3.17. The summed E-state index contributed by atoms with van der Waals surface area (Å²) in [7, 11) is 1.56. The minimum absolute atomic E-state index is 0.111. The van der Waals surface area contributed by atoms with Gasteiger partial charge in [-0.15, -0.1) is 0 Å². The maximum Gasteiger partial charge on any atom is 0.139 e. The third kappa shape index (κ3) is 4.06. The molecule has 1 aromatic carbocycles. The van der Waals surface area contributed by atoms with E-state index in [2.05, 4.69) is 17.0 Å². The number of methoxy groups -OCH3 is 1. The molecule has 7 heteroatoms. The Morgan fingerprint density at radius 2 is 2.07 bits per heavy atom. The summed E-state index contributed by atoms with van der Waals surface area (Å²) in [4.78, 5) is 7.22. The number of nitrogens with zero attached hydrogens (tertiary/aromatic N) is 3. The first-order valence-corrected chi connectivity index (χ1v) is 10.4. The van der Waals surface area contributed by atoms with Crippen molar-refractivity contribution in [2.45, 2.75) is 25.9 Å². The van der Waals surface area contributed by atoms with Gasteiger partial charge in [0.25, 0.3) is 0 Å². The summed E-state index contributed by atoms with van der Waals surface area (Å²) in [6.45, 7) is 2.77. The van der Waals surface area contributed by atoms with Crippen LogP contribution in [0, 0.1) is 5.92 Å². The molecule has 1 saturated heterocycles.